The van der Waals surface area contributed by atoms with Gasteiger partial charge in [0.25, 0.3) is 0 Å². The number of hydrogen-bond donors (Lipinski definition) is 1. The van der Waals surface area contributed by atoms with Crippen molar-refractivity contribution in [2.24, 2.45) is 0 Å². The van der Waals surface area contributed by atoms with E-state index >= 15 is 0 Å². The summed E-state index contributed by atoms with van der Waals surface area (Å²) in [5.74, 6) is -0.466. The molecule has 1 saturated heterocycles. The number of nitrogens with one attached hydrogen (secondary N) is 1. The molecule has 2 aromatic carbocycles. The van der Waals surface area contributed by atoms with Crippen LogP contribution in [0.1, 0.15) is 30.9 Å². The zero-order valence-corrected chi connectivity index (χ0v) is 16.1. The van der Waals surface area contributed by atoms with Crippen molar-refractivity contribution in [3.63, 3.8) is 0 Å². The van der Waals surface area contributed by atoms with Crippen molar-refractivity contribution in [1.82, 2.24) is 5.32 Å². The number of halogens is 2. The van der Waals surface area contributed by atoms with Gasteiger partial charge in [0.15, 0.2) is 0 Å². The molecule has 0 atom stereocenters. The van der Waals surface area contributed by atoms with E-state index in [1.54, 1.807) is 18.2 Å². The Morgan fingerprint density at radius 1 is 1.19 bits per heavy atom. The highest BCUT2D eigenvalue weighted by Gasteiger charge is 2.36. The Bertz CT molecular complexity index is 826. The largest absolute Gasteiger partial charge is 0.381 e. The number of allylic oxidation sites excluding steroid dienone is 1. The van der Waals surface area contributed by atoms with E-state index in [9.17, 15) is 9.18 Å². The predicted octanol–water partition coefficient (Wildman–Crippen LogP) is 4.75. The lowest BCUT2D eigenvalue weighted by molar-refractivity contribution is -0.117. The molecule has 1 aliphatic rings. The number of benzene rings is 2. The Morgan fingerprint density at radius 3 is 2.52 bits per heavy atom. The van der Waals surface area contributed by atoms with E-state index in [-0.39, 0.29) is 17.1 Å². The maximum Gasteiger partial charge on any atom is 0.244 e. The Labute approximate surface area is 164 Å². The summed E-state index contributed by atoms with van der Waals surface area (Å²) in [4.78, 5) is 12.5. The molecule has 1 fully saturated rings. The molecular weight excluding hydrogens is 365 g/mol. The maximum atomic E-state index is 13.1. The molecule has 142 valence electrons. The minimum absolute atomic E-state index is 0.172. The molecule has 27 heavy (non-hydrogen) atoms. The lowest BCUT2D eigenvalue weighted by Crippen LogP contribution is -2.44. The smallest absolute Gasteiger partial charge is 0.244 e. The third-order valence-electron chi connectivity index (χ3n) is 5.14. The van der Waals surface area contributed by atoms with E-state index in [1.165, 1.54) is 12.1 Å². The summed E-state index contributed by atoms with van der Waals surface area (Å²) in [6, 6.07) is 13.9. The lowest BCUT2D eigenvalue weighted by atomic mass is 9.74. The third-order valence-corrected chi connectivity index (χ3v) is 5.47. The first-order chi connectivity index (χ1) is 13.0. The fourth-order valence-corrected chi connectivity index (χ4v) is 3.83. The van der Waals surface area contributed by atoms with Crippen LogP contribution in [0.25, 0.3) is 5.57 Å². The van der Waals surface area contributed by atoms with Crippen molar-refractivity contribution in [3.05, 3.63) is 76.6 Å². The Hall–Kier alpha value is -2.17. The minimum atomic E-state index is -0.294. The molecule has 0 spiro atoms. The molecule has 0 radical (unpaired) electrons. The highest BCUT2D eigenvalue weighted by molar-refractivity contribution is 6.31. The molecule has 0 saturated carbocycles. The zero-order chi connectivity index (χ0) is 19.3. The van der Waals surface area contributed by atoms with Crippen molar-refractivity contribution >= 4 is 23.1 Å². The predicted molar refractivity (Wildman–Crippen MR) is 106 cm³/mol. The molecule has 0 unspecified atom stereocenters. The number of carbonyl (C=O) groups excluding carboxylic acids is 1. The van der Waals surface area contributed by atoms with Gasteiger partial charge in [0.05, 0.1) is 0 Å². The van der Waals surface area contributed by atoms with Crippen molar-refractivity contribution in [2.45, 2.75) is 25.2 Å². The molecule has 1 amide bonds. The van der Waals surface area contributed by atoms with Gasteiger partial charge in [-0.3, -0.25) is 4.79 Å². The molecule has 3 rings (SSSR count). The van der Waals surface area contributed by atoms with Gasteiger partial charge in [-0.1, -0.05) is 41.9 Å². The van der Waals surface area contributed by atoms with Crippen LogP contribution < -0.4 is 5.32 Å². The SMILES string of the molecule is CC(=CC(=O)NCC1(c2ccccc2Cl)CCOCC1)c1ccc(F)cc1. The molecule has 3 nitrogen and oxygen atoms in total. The Kier molecular flexibility index (Phi) is 6.30. The van der Waals surface area contributed by atoms with E-state index < -0.39 is 0 Å². The number of ether oxygens (including phenoxy) is 1. The van der Waals surface area contributed by atoms with Crippen LogP contribution >= 0.6 is 11.6 Å². The molecule has 0 aromatic heterocycles. The first-order valence-electron chi connectivity index (χ1n) is 9.05. The van der Waals surface area contributed by atoms with Gasteiger partial charge < -0.3 is 10.1 Å². The molecule has 1 N–H and O–H groups in total. The van der Waals surface area contributed by atoms with Crippen molar-refractivity contribution in [3.8, 4) is 0 Å². The second kappa shape index (κ2) is 8.68. The summed E-state index contributed by atoms with van der Waals surface area (Å²) in [7, 11) is 0. The highest BCUT2D eigenvalue weighted by Crippen LogP contribution is 2.38. The van der Waals surface area contributed by atoms with Gasteiger partial charge in [-0.15, -0.1) is 0 Å². The van der Waals surface area contributed by atoms with Gasteiger partial charge in [-0.05, 0) is 54.7 Å². The summed E-state index contributed by atoms with van der Waals surface area (Å²) >= 11 is 6.44. The number of rotatable bonds is 5. The van der Waals surface area contributed by atoms with Crippen LogP contribution in [0.4, 0.5) is 4.39 Å². The lowest BCUT2D eigenvalue weighted by Gasteiger charge is -2.38. The van der Waals surface area contributed by atoms with Crippen molar-refractivity contribution in [2.75, 3.05) is 19.8 Å². The van der Waals surface area contributed by atoms with Crippen LogP contribution in [0.15, 0.2) is 54.6 Å². The quantitative estimate of drug-likeness (QED) is 0.752. The first-order valence-corrected chi connectivity index (χ1v) is 9.43. The van der Waals surface area contributed by atoms with Crippen LogP contribution in [-0.4, -0.2) is 25.7 Å². The Balaban J connectivity index is 1.74. The summed E-state index contributed by atoms with van der Waals surface area (Å²) in [6.45, 7) is 3.62. The highest BCUT2D eigenvalue weighted by atomic mass is 35.5. The molecule has 2 aromatic rings. The normalized spacial score (nSPS) is 16.8. The van der Waals surface area contributed by atoms with Crippen molar-refractivity contribution in [1.29, 1.82) is 0 Å². The average Bonchev–Trinajstić information content (AvgIpc) is 2.68. The number of amides is 1. The summed E-state index contributed by atoms with van der Waals surface area (Å²) in [6.07, 6.45) is 3.15. The maximum absolute atomic E-state index is 13.1. The molecule has 1 heterocycles. The van der Waals surface area contributed by atoms with Gasteiger partial charge in [-0.2, -0.15) is 0 Å². The third kappa shape index (κ3) is 4.76. The summed E-state index contributed by atoms with van der Waals surface area (Å²) in [5, 5.41) is 3.74. The molecule has 1 aliphatic heterocycles. The Morgan fingerprint density at radius 2 is 1.85 bits per heavy atom. The molecule has 5 heteroatoms. The van der Waals surface area contributed by atoms with Gasteiger partial charge in [0, 0.05) is 36.3 Å². The minimum Gasteiger partial charge on any atom is -0.381 e. The molecule has 0 aliphatic carbocycles. The van der Waals surface area contributed by atoms with Crippen LogP contribution in [0.5, 0.6) is 0 Å². The van der Waals surface area contributed by atoms with E-state index in [1.807, 2.05) is 31.2 Å². The monoisotopic (exact) mass is 387 g/mol. The molecular formula is C22H23ClFNO2. The second-order valence-corrected chi connectivity index (χ2v) is 7.33. The zero-order valence-electron chi connectivity index (χ0n) is 15.3. The first kappa shape index (κ1) is 19.6. The van der Waals surface area contributed by atoms with E-state index in [4.69, 9.17) is 16.3 Å². The molecule has 0 bridgehead atoms. The fourth-order valence-electron chi connectivity index (χ4n) is 3.49. The van der Waals surface area contributed by atoms with Gasteiger partial charge in [0.2, 0.25) is 5.91 Å². The van der Waals surface area contributed by atoms with E-state index in [2.05, 4.69) is 5.32 Å². The van der Waals surface area contributed by atoms with Gasteiger partial charge in [0.1, 0.15) is 5.82 Å². The fraction of sp³-hybridized carbons (Fsp3) is 0.318. The van der Waals surface area contributed by atoms with Gasteiger partial charge in [-0.25, -0.2) is 4.39 Å². The van der Waals surface area contributed by atoms with E-state index in [0.717, 1.165) is 29.5 Å². The number of hydrogen-bond acceptors (Lipinski definition) is 2. The summed E-state index contributed by atoms with van der Waals surface area (Å²) < 4.78 is 18.6. The van der Waals surface area contributed by atoms with Crippen LogP contribution in [0.3, 0.4) is 0 Å². The van der Waals surface area contributed by atoms with Crippen molar-refractivity contribution < 1.29 is 13.9 Å². The standard InChI is InChI=1S/C22H23ClFNO2/c1-16(17-6-8-18(24)9-7-17)14-21(26)25-15-22(10-12-27-13-11-22)19-4-2-3-5-20(19)23/h2-9,14H,10-13,15H2,1H3,(H,25,26). The number of carbonyl (C=O) groups is 1. The average molecular weight is 388 g/mol. The van der Waals surface area contributed by atoms with E-state index in [0.29, 0.717) is 24.8 Å². The van der Waals surface area contributed by atoms with Gasteiger partial charge >= 0.3 is 0 Å². The topological polar surface area (TPSA) is 38.3 Å². The van der Waals surface area contributed by atoms with Crippen LogP contribution in [-0.2, 0) is 14.9 Å². The van der Waals surface area contributed by atoms with Crippen LogP contribution in [0.2, 0.25) is 5.02 Å². The van der Waals surface area contributed by atoms with Crippen LogP contribution in [0, 0.1) is 5.82 Å². The summed E-state index contributed by atoms with van der Waals surface area (Å²) in [5.41, 5.74) is 2.42. The second-order valence-electron chi connectivity index (χ2n) is 6.92.